The highest BCUT2D eigenvalue weighted by molar-refractivity contribution is 5.05. The molecule has 5 nitrogen and oxygen atoms in total. The molecule has 1 heterocycles. The van der Waals surface area contributed by atoms with E-state index in [0.29, 0.717) is 18.7 Å². The first-order valence-corrected chi connectivity index (χ1v) is 3.85. The lowest BCUT2D eigenvalue weighted by molar-refractivity contribution is 0.0420. The second-order valence-corrected chi connectivity index (χ2v) is 3.06. The van der Waals surface area contributed by atoms with Crippen LogP contribution >= 0.6 is 0 Å². The van der Waals surface area contributed by atoms with Crippen LogP contribution in [0.5, 0.6) is 0 Å². The summed E-state index contributed by atoms with van der Waals surface area (Å²) in [5.41, 5.74) is 5.13. The number of aliphatic hydroxyl groups is 1. The van der Waals surface area contributed by atoms with Crippen LogP contribution in [0.25, 0.3) is 0 Å². The molecule has 0 spiro atoms. The van der Waals surface area contributed by atoms with E-state index in [1.165, 1.54) is 0 Å². The van der Waals surface area contributed by atoms with Crippen LogP contribution in [-0.4, -0.2) is 26.6 Å². The van der Waals surface area contributed by atoms with Crippen LogP contribution in [0.15, 0.2) is 6.20 Å². The molecule has 3 N–H and O–H groups in total. The van der Waals surface area contributed by atoms with E-state index in [2.05, 4.69) is 10.3 Å². The van der Waals surface area contributed by atoms with Crippen LogP contribution in [0, 0.1) is 0 Å². The summed E-state index contributed by atoms with van der Waals surface area (Å²) in [6.07, 6.45) is 2.06. The fourth-order valence-electron chi connectivity index (χ4n) is 1.19. The van der Waals surface area contributed by atoms with Crippen molar-refractivity contribution in [3.05, 3.63) is 11.9 Å². The summed E-state index contributed by atoms with van der Waals surface area (Å²) >= 11 is 0. The number of aromatic nitrogens is 3. The quantitative estimate of drug-likeness (QED) is 0.633. The predicted octanol–water partition coefficient (Wildman–Crippen LogP) is -0.629. The van der Waals surface area contributed by atoms with Gasteiger partial charge < -0.3 is 10.8 Å². The summed E-state index contributed by atoms with van der Waals surface area (Å²) in [5, 5.41) is 17.3. The molecule has 0 saturated heterocycles. The van der Waals surface area contributed by atoms with E-state index in [9.17, 15) is 5.11 Å². The Kier molecular flexibility index (Phi) is 2.44. The zero-order valence-electron chi connectivity index (χ0n) is 7.36. The van der Waals surface area contributed by atoms with Crippen LogP contribution in [0.3, 0.4) is 0 Å². The normalized spacial score (nSPS) is 16.0. The molecule has 0 amide bonds. The maximum Gasteiger partial charge on any atom is 0.106 e. The van der Waals surface area contributed by atoms with Crippen molar-refractivity contribution < 1.29 is 5.11 Å². The van der Waals surface area contributed by atoms with Gasteiger partial charge in [-0.2, -0.15) is 0 Å². The number of aryl methyl sites for hydroxylation is 1. The second kappa shape index (κ2) is 3.20. The molecular weight excluding hydrogens is 156 g/mol. The molecule has 1 unspecified atom stereocenters. The highest BCUT2D eigenvalue weighted by Crippen LogP contribution is 2.21. The van der Waals surface area contributed by atoms with Crippen LogP contribution in [0.1, 0.15) is 19.0 Å². The smallest absolute Gasteiger partial charge is 0.106 e. The summed E-state index contributed by atoms with van der Waals surface area (Å²) in [7, 11) is 1.74. The Morgan fingerprint density at radius 1 is 1.75 bits per heavy atom. The van der Waals surface area contributed by atoms with Crippen LogP contribution in [0.2, 0.25) is 0 Å². The van der Waals surface area contributed by atoms with Gasteiger partial charge in [0.25, 0.3) is 0 Å². The standard InChI is InChI=1S/C7H14N4O/c1-7(12,3-4-8)6-5-9-10-11(6)2/h5,12H,3-4,8H2,1-2H3. The molecule has 0 aromatic carbocycles. The highest BCUT2D eigenvalue weighted by atomic mass is 16.3. The lowest BCUT2D eigenvalue weighted by Gasteiger charge is -2.21. The molecule has 12 heavy (non-hydrogen) atoms. The molecule has 1 rings (SSSR count). The van der Waals surface area contributed by atoms with Crippen molar-refractivity contribution in [1.82, 2.24) is 15.0 Å². The maximum atomic E-state index is 9.87. The zero-order chi connectivity index (χ0) is 9.19. The molecule has 0 aliphatic carbocycles. The minimum atomic E-state index is -0.924. The van der Waals surface area contributed by atoms with Gasteiger partial charge in [-0.1, -0.05) is 5.21 Å². The highest BCUT2D eigenvalue weighted by Gasteiger charge is 2.25. The molecule has 68 valence electrons. The third-order valence-electron chi connectivity index (χ3n) is 1.90. The number of hydrogen-bond acceptors (Lipinski definition) is 4. The molecule has 1 atom stereocenters. The number of nitrogens with two attached hydrogens (primary N) is 1. The van der Waals surface area contributed by atoms with E-state index in [0.717, 1.165) is 0 Å². The Morgan fingerprint density at radius 2 is 2.42 bits per heavy atom. The van der Waals surface area contributed by atoms with Gasteiger partial charge in [0.2, 0.25) is 0 Å². The Hall–Kier alpha value is -0.940. The number of rotatable bonds is 3. The van der Waals surface area contributed by atoms with Crippen LogP contribution < -0.4 is 5.73 Å². The minimum Gasteiger partial charge on any atom is -0.384 e. The lowest BCUT2D eigenvalue weighted by atomic mass is 9.99. The molecule has 1 aromatic heterocycles. The van der Waals surface area contributed by atoms with Gasteiger partial charge in [0.05, 0.1) is 11.9 Å². The monoisotopic (exact) mass is 170 g/mol. The van der Waals surface area contributed by atoms with Crippen molar-refractivity contribution >= 4 is 0 Å². The summed E-state index contributed by atoms with van der Waals surface area (Å²) in [4.78, 5) is 0. The second-order valence-electron chi connectivity index (χ2n) is 3.06. The first kappa shape index (κ1) is 9.15. The van der Waals surface area contributed by atoms with E-state index in [4.69, 9.17) is 5.73 Å². The van der Waals surface area contributed by atoms with Crippen molar-refractivity contribution in [2.45, 2.75) is 18.9 Å². The van der Waals surface area contributed by atoms with Gasteiger partial charge in [-0.25, -0.2) is 4.68 Å². The van der Waals surface area contributed by atoms with Gasteiger partial charge in [0.15, 0.2) is 0 Å². The average Bonchev–Trinajstić information content (AvgIpc) is 2.35. The van der Waals surface area contributed by atoms with E-state index in [-0.39, 0.29) is 0 Å². The average molecular weight is 170 g/mol. The predicted molar refractivity (Wildman–Crippen MR) is 44.2 cm³/mol. The van der Waals surface area contributed by atoms with Crippen LogP contribution in [0.4, 0.5) is 0 Å². The van der Waals surface area contributed by atoms with Gasteiger partial charge >= 0.3 is 0 Å². The summed E-state index contributed by atoms with van der Waals surface area (Å²) < 4.78 is 1.55. The van der Waals surface area contributed by atoms with Crippen molar-refractivity contribution in [3.8, 4) is 0 Å². The van der Waals surface area contributed by atoms with Gasteiger partial charge in [0.1, 0.15) is 5.60 Å². The fourth-order valence-corrected chi connectivity index (χ4v) is 1.19. The molecule has 0 aliphatic heterocycles. The van der Waals surface area contributed by atoms with E-state index < -0.39 is 5.60 Å². The zero-order valence-corrected chi connectivity index (χ0v) is 7.36. The third kappa shape index (κ3) is 1.62. The van der Waals surface area contributed by atoms with E-state index in [1.807, 2.05) is 0 Å². The van der Waals surface area contributed by atoms with Gasteiger partial charge in [-0.15, -0.1) is 5.10 Å². The Balaban J connectivity index is 2.88. The van der Waals surface area contributed by atoms with Gasteiger partial charge in [-0.05, 0) is 19.9 Å². The van der Waals surface area contributed by atoms with Crippen molar-refractivity contribution in [2.24, 2.45) is 12.8 Å². The molecule has 1 aromatic rings. The minimum absolute atomic E-state index is 0.443. The lowest BCUT2D eigenvalue weighted by Crippen LogP contribution is -2.27. The van der Waals surface area contributed by atoms with Gasteiger partial charge in [-0.3, -0.25) is 0 Å². The summed E-state index contributed by atoms with van der Waals surface area (Å²) in [6.45, 7) is 2.15. The molecule has 0 fully saturated rings. The van der Waals surface area contributed by atoms with Crippen LogP contribution in [-0.2, 0) is 12.6 Å². The first-order chi connectivity index (χ1) is 5.58. The first-order valence-electron chi connectivity index (χ1n) is 3.85. The molecule has 0 bridgehead atoms. The Labute approximate surface area is 71.2 Å². The summed E-state index contributed by atoms with van der Waals surface area (Å²) in [6, 6.07) is 0. The number of hydrogen-bond donors (Lipinski definition) is 2. The SMILES string of the molecule is Cn1nncc1C(C)(O)CCN. The van der Waals surface area contributed by atoms with Crippen molar-refractivity contribution in [3.63, 3.8) is 0 Å². The maximum absolute atomic E-state index is 9.87. The van der Waals surface area contributed by atoms with E-state index >= 15 is 0 Å². The molecule has 0 aliphatic rings. The molecular formula is C7H14N4O. The largest absolute Gasteiger partial charge is 0.384 e. The van der Waals surface area contributed by atoms with Crippen molar-refractivity contribution in [1.29, 1.82) is 0 Å². The third-order valence-corrected chi connectivity index (χ3v) is 1.90. The fraction of sp³-hybridized carbons (Fsp3) is 0.714. The van der Waals surface area contributed by atoms with Gasteiger partial charge in [0, 0.05) is 7.05 Å². The molecule has 5 heteroatoms. The topological polar surface area (TPSA) is 77.0 Å². The Bertz CT molecular complexity index is 256. The number of nitrogens with zero attached hydrogens (tertiary/aromatic N) is 3. The Morgan fingerprint density at radius 3 is 2.83 bits per heavy atom. The van der Waals surface area contributed by atoms with E-state index in [1.54, 1.807) is 24.9 Å². The van der Waals surface area contributed by atoms with Crippen molar-refractivity contribution in [2.75, 3.05) is 6.54 Å². The molecule has 0 radical (unpaired) electrons. The molecule has 0 saturated carbocycles. The summed E-state index contributed by atoms with van der Waals surface area (Å²) in [5.74, 6) is 0.